The molecule has 2 rings (SSSR count). The minimum Gasteiger partial charge on any atom is -0.497 e. The molecular weight excluding hydrogens is 264 g/mol. The molecule has 4 heteroatoms. The van der Waals surface area contributed by atoms with Gasteiger partial charge in [-0.15, -0.1) is 0 Å². The van der Waals surface area contributed by atoms with Crippen molar-refractivity contribution in [2.45, 2.75) is 39.0 Å². The highest BCUT2D eigenvalue weighted by molar-refractivity contribution is 5.99. The largest absolute Gasteiger partial charge is 0.497 e. The Bertz CT molecular complexity index is 488. The van der Waals surface area contributed by atoms with Crippen LogP contribution in [0.25, 0.3) is 0 Å². The van der Waals surface area contributed by atoms with Gasteiger partial charge in [-0.25, -0.2) is 0 Å². The molecule has 0 radical (unpaired) electrons. The van der Waals surface area contributed by atoms with E-state index in [4.69, 9.17) is 10.5 Å². The molecule has 1 aliphatic heterocycles. The van der Waals surface area contributed by atoms with E-state index in [2.05, 4.69) is 6.92 Å². The molecule has 4 nitrogen and oxygen atoms in total. The quantitative estimate of drug-likeness (QED) is 0.865. The smallest absolute Gasteiger partial charge is 0.255 e. The van der Waals surface area contributed by atoms with E-state index < -0.39 is 0 Å². The Kier molecular flexibility index (Phi) is 5.48. The van der Waals surface area contributed by atoms with Gasteiger partial charge in [-0.3, -0.25) is 4.79 Å². The molecule has 1 unspecified atom stereocenters. The number of benzene rings is 1. The minimum atomic E-state index is 0.0484. The topological polar surface area (TPSA) is 55.6 Å². The summed E-state index contributed by atoms with van der Waals surface area (Å²) < 4.78 is 5.13. The number of rotatable bonds is 4. The number of ether oxygens (including phenoxy) is 1. The maximum absolute atomic E-state index is 12.6. The van der Waals surface area contributed by atoms with Crippen LogP contribution in [0.4, 0.5) is 5.69 Å². The SMILES string of the molecule is CCCC1CCCN(C(=O)c2ccc(OC)cc2N)CC1. The molecule has 1 atom stereocenters. The third-order valence-electron chi connectivity index (χ3n) is 4.32. The number of hydrogen-bond acceptors (Lipinski definition) is 3. The summed E-state index contributed by atoms with van der Waals surface area (Å²) in [5.74, 6) is 1.50. The van der Waals surface area contributed by atoms with Crippen molar-refractivity contribution in [1.29, 1.82) is 0 Å². The van der Waals surface area contributed by atoms with E-state index >= 15 is 0 Å². The lowest BCUT2D eigenvalue weighted by molar-refractivity contribution is 0.0761. The van der Waals surface area contributed by atoms with Gasteiger partial charge in [0, 0.05) is 24.8 Å². The fraction of sp³-hybridized carbons (Fsp3) is 0.588. The predicted molar refractivity (Wildman–Crippen MR) is 85.6 cm³/mol. The Balaban J connectivity index is 2.06. The van der Waals surface area contributed by atoms with Crippen LogP contribution in [0.15, 0.2) is 18.2 Å². The average molecular weight is 290 g/mol. The Hall–Kier alpha value is -1.71. The zero-order chi connectivity index (χ0) is 15.2. The molecule has 0 aliphatic carbocycles. The summed E-state index contributed by atoms with van der Waals surface area (Å²) in [6.45, 7) is 3.91. The molecule has 1 heterocycles. The van der Waals surface area contributed by atoms with E-state index in [1.54, 1.807) is 25.3 Å². The first-order valence-corrected chi connectivity index (χ1v) is 7.88. The number of nitrogen functional groups attached to an aromatic ring is 1. The van der Waals surface area contributed by atoms with Crippen molar-refractivity contribution < 1.29 is 9.53 Å². The molecule has 1 fully saturated rings. The number of anilines is 1. The molecule has 1 aliphatic rings. The molecule has 0 saturated carbocycles. The lowest BCUT2D eigenvalue weighted by Crippen LogP contribution is -2.32. The van der Waals surface area contributed by atoms with Crippen molar-refractivity contribution in [2.75, 3.05) is 25.9 Å². The number of hydrogen-bond donors (Lipinski definition) is 1. The highest BCUT2D eigenvalue weighted by Gasteiger charge is 2.22. The lowest BCUT2D eigenvalue weighted by Gasteiger charge is -2.21. The number of carbonyl (C=O) groups is 1. The second-order valence-electron chi connectivity index (χ2n) is 5.83. The van der Waals surface area contributed by atoms with Gasteiger partial charge in [0.25, 0.3) is 5.91 Å². The predicted octanol–water partition coefficient (Wildman–Crippen LogP) is 3.32. The molecule has 0 bridgehead atoms. The third-order valence-corrected chi connectivity index (χ3v) is 4.32. The summed E-state index contributed by atoms with van der Waals surface area (Å²) in [5, 5.41) is 0. The van der Waals surface area contributed by atoms with Gasteiger partial charge < -0.3 is 15.4 Å². The molecule has 116 valence electrons. The Morgan fingerprint density at radius 2 is 2.19 bits per heavy atom. The van der Waals surface area contributed by atoms with Gasteiger partial charge in [0.1, 0.15) is 5.75 Å². The summed E-state index contributed by atoms with van der Waals surface area (Å²) in [4.78, 5) is 14.6. The number of nitrogens with two attached hydrogens (primary N) is 1. The fourth-order valence-electron chi connectivity index (χ4n) is 3.10. The van der Waals surface area contributed by atoms with Crippen molar-refractivity contribution in [1.82, 2.24) is 4.90 Å². The average Bonchev–Trinajstić information content (AvgIpc) is 2.72. The zero-order valence-electron chi connectivity index (χ0n) is 13.1. The molecule has 0 spiro atoms. The normalized spacial score (nSPS) is 19.1. The van der Waals surface area contributed by atoms with E-state index in [0.717, 1.165) is 31.8 Å². The number of nitrogens with zero attached hydrogens (tertiary/aromatic N) is 1. The van der Waals surface area contributed by atoms with Crippen LogP contribution in [-0.2, 0) is 0 Å². The van der Waals surface area contributed by atoms with Gasteiger partial charge in [0.05, 0.1) is 12.7 Å². The first-order chi connectivity index (χ1) is 10.2. The maximum atomic E-state index is 12.6. The number of amides is 1. The summed E-state index contributed by atoms with van der Waals surface area (Å²) in [7, 11) is 1.60. The lowest BCUT2D eigenvalue weighted by atomic mass is 9.96. The van der Waals surface area contributed by atoms with Gasteiger partial charge in [0.15, 0.2) is 0 Å². The Morgan fingerprint density at radius 3 is 2.86 bits per heavy atom. The van der Waals surface area contributed by atoms with Crippen molar-refractivity contribution in [3.8, 4) is 5.75 Å². The second kappa shape index (κ2) is 7.34. The Labute approximate surface area is 127 Å². The van der Waals surface area contributed by atoms with Crippen molar-refractivity contribution in [2.24, 2.45) is 5.92 Å². The first-order valence-electron chi connectivity index (χ1n) is 7.88. The van der Waals surface area contributed by atoms with Crippen molar-refractivity contribution in [3.05, 3.63) is 23.8 Å². The van der Waals surface area contributed by atoms with Gasteiger partial charge in [-0.1, -0.05) is 19.8 Å². The van der Waals surface area contributed by atoms with Crippen LogP contribution in [0, 0.1) is 5.92 Å². The van der Waals surface area contributed by atoms with E-state index in [0.29, 0.717) is 17.0 Å². The number of methoxy groups -OCH3 is 1. The summed E-state index contributed by atoms with van der Waals surface area (Å²) >= 11 is 0. The fourth-order valence-corrected chi connectivity index (χ4v) is 3.10. The van der Waals surface area contributed by atoms with Gasteiger partial charge >= 0.3 is 0 Å². The highest BCUT2D eigenvalue weighted by Crippen LogP contribution is 2.25. The van der Waals surface area contributed by atoms with Crippen LogP contribution in [0.3, 0.4) is 0 Å². The molecule has 0 aromatic heterocycles. The maximum Gasteiger partial charge on any atom is 0.255 e. The first kappa shape index (κ1) is 15.7. The van der Waals surface area contributed by atoms with E-state index in [9.17, 15) is 4.79 Å². The van der Waals surface area contributed by atoms with Gasteiger partial charge in [0.2, 0.25) is 0 Å². The van der Waals surface area contributed by atoms with E-state index in [1.165, 1.54) is 19.3 Å². The minimum absolute atomic E-state index is 0.0484. The summed E-state index contributed by atoms with van der Waals surface area (Å²) in [5.41, 5.74) is 7.07. The number of likely N-dealkylation sites (tertiary alicyclic amines) is 1. The zero-order valence-corrected chi connectivity index (χ0v) is 13.1. The van der Waals surface area contributed by atoms with Crippen LogP contribution in [0.5, 0.6) is 5.75 Å². The van der Waals surface area contributed by atoms with Crippen molar-refractivity contribution >= 4 is 11.6 Å². The molecular formula is C17H26N2O2. The van der Waals surface area contributed by atoms with E-state index in [1.807, 2.05) is 4.90 Å². The second-order valence-corrected chi connectivity index (χ2v) is 5.83. The molecule has 1 aromatic carbocycles. The molecule has 1 amide bonds. The summed E-state index contributed by atoms with van der Waals surface area (Å²) in [6, 6.07) is 5.27. The Morgan fingerprint density at radius 1 is 1.38 bits per heavy atom. The molecule has 21 heavy (non-hydrogen) atoms. The van der Waals surface area contributed by atoms with Crippen LogP contribution in [0.2, 0.25) is 0 Å². The van der Waals surface area contributed by atoms with Crippen LogP contribution in [-0.4, -0.2) is 31.0 Å². The monoisotopic (exact) mass is 290 g/mol. The van der Waals surface area contributed by atoms with Crippen molar-refractivity contribution in [3.63, 3.8) is 0 Å². The van der Waals surface area contributed by atoms with Gasteiger partial charge in [-0.2, -0.15) is 0 Å². The van der Waals surface area contributed by atoms with Crippen LogP contribution >= 0.6 is 0 Å². The van der Waals surface area contributed by atoms with Gasteiger partial charge in [-0.05, 0) is 37.3 Å². The molecule has 1 aromatic rings. The van der Waals surface area contributed by atoms with Crippen LogP contribution < -0.4 is 10.5 Å². The molecule has 1 saturated heterocycles. The van der Waals surface area contributed by atoms with E-state index in [-0.39, 0.29) is 5.91 Å². The van der Waals surface area contributed by atoms with Crippen LogP contribution in [0.1, 0.15) is 49.4 Å². The molecule has 2 N–H and O–H groups in total. The third kappa shape index (κ3) is 3.90. The highest BCUT2D eigenvalue weighted by atomic mass is 16.5. The standard InChI is InChI=1S/C17H26N2O2/c1-3-5-13-6-4-10-19(11-9-13)17(20)15-8-7-14(21-2)12-16(15)18/h7-8,12-13H,3-6,9-11,18H2,1-2H3. The number of carbonyl (C=O) groups excluding carboxylic acids is 1. The summed E-state index contributed by atoms with van der Waals surface area (Å²) in [6.07, 6.45) is 5.93.